The van der Waals surface area contributed by atoms with Crippen LogP contribution in [0.1, 0.15) is 16.8 Å². The molecule has 116 valence electrons. The summed E-state index contributed by atoms with van der Waals surface area (Å²) in [5.74, 6) is 0.947. The molecule has 6 heteroatoms. The SMILES string of the molecule is COc1cc(OC)c(N)c(C(=O)N2CCC(N(C)C)C2)c1. The van der Waals surface area contributed by atoms with Gasteiger partial charge in [0.15, 0.2) is 0 Å². The highest BCUT2D eigenvalue weighted by atomic mass is 16.5. The number of benzene rings is 1. The minimum Gasteiger partial charge on any atom is -0.497 e. The van der Waals surface area contributed by atoms with Gasteiger partial charge in [0.2, 0.25) is 0 Å². The van der Waals surface area contributed by atoms with Gasteiger partial charge in [-0.1, -0.05) is 0 Å². The molecule has 0 saturated carbocycles. The highest BCUT2D eigenvalue weighted by Crippen LogP contribution is 2.32. The number of hydrogen-bond donors (Lipinski definition) is 1. The predicted octanol–water partition coefficient (Wildman–Crippen LogP) is 1.06. The number of hydrogen-bond acceptors (Lipinski definition) is 5. The maximum Gasteiger partial charge on any atom is 0.256 e. The van der Waals surface area contributed by atoms with Crippen molar-refractivity contribution >= 4 is 11.6 Å². The fourth-order valence-electron chi connectivity index (χ4n) is 2.58. The van der Waals surface area contributed by atoms with Gasteiger partial charge in [-0.05, 0) is 26.6 Å². The minimum atomic E-state index is -0.0750. The number of nitrogens with two attached hydrogens (primary N) is 1. The zero-order valence-electron chi connectivity index (χ0n) is 13.0. The van der Waals surface area contributed by atoms with Crippen LogP contribution in [0.15, 0.2) is 12.1 Å². The fourth-order valence-corrected chi connectivity index (χ4v) is 2.58. The average Bonchev–Trinajstić information content (AvgIpc) is 2.97. The van der Waals surface area contributed by atoms with Crippen LogP contribution in [0.2, 0.25) is 0 Å². The van der Waals surface area contributed by atoms with E-state index >= 15 is 0 Å². The Balaban J connectivity index is 2.27. The average molecular weight is 293 g/mol. The molecule has 1 fully saturated rings. The van der Waals surface area contributed by atoms with Crippen LogP contribution >= 0.6 is 0 Å². The van der Waals surface area contributed by atoms with Crippen molar-refractivity contribution < 1.29 is 14.3 Å². The second-order valence-electron chi connectivity index (χ2n) is 5.45. The Morgan fingerprint density at radius 1 is 1.33 bits per heavy atom. The number of nitrogens with zero attached hydrogens (tertiary/aromatic N) is 2. The molecule has 1 aromatic rings. The van der Waals surface area contributed by atoms with Crippen molar-refractivity contribution in [2.24, 2.45) is 0 Å². The van der Waals surface area contributed by atoms with E-state index in [-0.39, 0.29) is 5.91 Å². The Labute approximate surface area is 125 Å². The number of rotatable bonds is 4. The molecule has 0 aliphatic carbocycles. The Kier molecular flexibility index (Phi) is 4.57. The number of anilines is 1. The molecular weight excluding hydrogens is 270 g/mol. The molecular formula is C15H23N3O3. The number of carbonyl (C=O) groups is 1. The van der Waals surface area contributed by atoms with Crippen LogP contribution in [0.5, 0.6) is 11.5 Å². The van der Waals surface area contributed by atoms with Crippen LogP contribution in [0, 0.1) is 0 Å². The van der Waals surface area contributed by atoms with Crippen LogP contribution in [0.25, 0.3) is 0 Å². The van der Waals surface area contributed by atoms with Crippen molar-refractivity contribution in [3.63, 3.8) is 0 Å². The van der Waals surface area contributed by atoms with Gasteiger partial charge >= 0.3 is 0 Å². The molecule has 1 unspecified atom stereocenters. The van der Waals surface area contributed by atoms with Gasteiger partial charge in [-0.3, -0.25) is 4.79 Å². The molecule has 6 nitrogen and oxygen atoms in total. The van der Waals surface area contributed by atoms with E-state index in [1.807, 2.05) is 19.0 Å². The lowest BCUT2D eigenvalue weighted by Gasteiger charge is -2.21. The number of nitrogen functional groups attached to an aromatic ring is 1. The van der Waals surface area contributed by atoms with E-state index in [1.165, 1.54) is 7.11 Å². The molecule has 0 bridgehead atoms. The van der Waals surface area contributed by atoms with Gasteiger partial charge in [0.25, 0.3) is 5.91 Å². The Morgan fingerprint density at radius 2 is 2.05 bits per heavy atom. The molecule has 0 aromatic heterocycles. The molecule has 2 rings (SSSR count). The van der Waals surface area contributed by atoms with E-state index in [9.17, 15) is 4.79 Å². The molecule has 0 radical (unpaired) electrons. The number of methoxy groups -OCH3 is 2. The monoisotopic (exact) mass is 293 g/mol. The van der Waals surface area contributed by atoms with Gasteiger partial charge in [-0.25, -0.2) is 0 Å². The Morgan fingerprint density at radius 3 is 2.57 bits per heavy atom. The number of carbonyl (C=O) groups excluding carboxylic acids is 1. The first-order valence-corrected chi connectivity index (χ1v) is 6.95. The lowest BCUT2D eigenvalue weighted by molar-refractivity contribution is 0.0783. The summed E-state index contributed by atoms with van der Waals surface area (Å²) < 4.78 is 10.4. The second kappa shape index (κ2) is 6.22. The van der Waals surface area contributed by atoms with Gasteiger partial charge in [0.1, 0.15) is 11.5 Å². The maximum absolute atomic E-state index is 12.7. The summed E-state index contributed by atoms with van der Waals surface area (Å²) >= 11 is 0. The summed E-state index contributed by atoms with van der Waals surface area (Å²) in [7, 11) is 7.14. The number of amides is 1. The van der Waals surface area contributed by atoms with Gasteiger partial charge in [-0.2, -0.15) is 0 Å². The largest absolute Gasteiger partial charge is 0.497 e. The third kappa shape index (κ3) is 3.05. The van der Waals surface area contributed by atoms with Crippen LogP contribution < -0.4 is 15.2 Å². The van der Waals surface area contributed by atoms with Crippen LogP contribution in [-0.2, 0) is 0 Å². The lowest BCUT2D eigenvalue weighted by Crippen LogP contribution is -2.34. The standard InChI is InChI=1S/C15H23N3O3/c1-17(2)10-5-6-18(9-10)15(19)12-7-11(20-3)8-13(21-4)14(12)16/h7-8,10H,5-6,9,16H2,1-4H3. The summed E-state index contributed by atoms with van der Waals surface area (Å²) in [6.45, 7) is 1.45. The molecule has 2 N–H and O–H groups in total. The smallest absolute Gasteiger partial charge is 0.256 e. The molecule has 21 heavy (non-hydrogen) atoms. The van der Waals surface area contributed by atoms with Crippen LogP contribution in [0.4, 0.5) is 5.69 Å². The first kappa shape index (κ1) is 15.4. The molecule has 1 aromatic carbocycles. The molecule has 1 heterocycles. The van der Waals surface area contributed by atoms with E-state index in [2.05, 4.69) is 4.90 Å². The van der Waals surface area contributed by atoms with Crippen molar-refractivity contribution in [3.05, 3.63) is 17.7 Å². The van der Waals surface area contributed by atoms with Crippen molar-refractivity contribution in [2.45, 2.75) is 12.5 Å². The van der Waals surface area contributed by atoms with E-state index in [0.717, 1.165) is 13.0 Å². The molecule has 1 aliphatic rings. The highest BCUT2D eigenvalue weighted by Gasteiger charge is 2.29. The van der Waals surface area contributed by atoms with Gasteiger partial charge in [0.05, 0.1) is 25.5 Å². The third-order valence-corrected chi connectivity index (χ3v) is 3.98. The zero-order valence-corrected chi connectivity index (χ0v) is 13.0. The van der Waals surface area contributed by atoms with E-state index < -0.39 is 0 Å². The van der Waals surface area contributed by atoms with Crippen LogP contribution in [-0.4, -0.2) is 63.2 Å². The molecule has 1 amide bonds. The maximum atomic E-state index is 12.7. The van der Waals surface area contributed by atoms with Gasteiger partial charge in [-0.15, -0.1) is 0 Å². The summed E-state index contributed by atoms with van der Waals surface area (Å²) in [6.07, 6.45) is 0.972. The Bertz CT molecular complexity index is 531. The van der Waals surface area contributed by atoms with E-state index in [4.69, 9.17) is 15.2 Å². The number of likely N-dealkylation sites (tertiary alicyclic amines) is 1. The topological polar surface area (TPSA) is 68.0 Å². The van der Waals surface area contributed by atoms with E-state index in [0.29, 0.717) is 35.3 Å². The fraction of sp³-hybridized carbons (Fsp3) is 0.533. The second-order valence-corrected chi connectivity index (χ2v) is 5.45. The zero-order chi connectivity index (χ0) is 15.6. The van der Waals surface area contributed by atoms with E-state index in [1.54, 1.807) is 19.2 Å². The molecule has 1 saturated heterocycles. The normalized spacial score (nSPS) is 18.1. The highest BCUT2D eigenvalue weighted by molar-refractivity contribution is 6.01. The number of likely N-dealkylation sites (N-methyl/N-ethyl adjacent to an activating group) is 1. The van der Waals surface area contributed by atoms with Gasteiger partial charge < -0.3 is 25.0 Å². The number of ether oxygens (including phenoxy) is 2. The summed E-state index contributed by atoms with van der Waals surface area (Å²) in [5, 5.41) is 0. The van der Waals surface area contributed by atoms with Crippen LogP contribution in [0.3, 0.4) is 0 Å². The first-order valence-electron chi connectivity index (χ1n) is 6.95. The molecule has 1 atom stereocenters. The quantitative estimate of drug-likeness (QED) is 0.841. The first-order chi connectivity index (χ1) is 9.97. The Hall–Kier alpha value is -1.95. The third-order valence-electron chi connectivity index (χ3n) is 3.98. The van der Waals surface area contributed by atoms with Gasteiger partial charge in [0, 0.05) is 25.2 Å². The van der Waals surface area contributed by atoms with Crippen molar-refractivity contribution in [1.82, 2.24) is 9.80 Å². The lowest BCUT2D eigenvalue weighted by atomic mass is 10.1. The predicted molar refractivity (Wildman–Crippen MR) is 82.0 cm³/mol. The van der Waals surface area contributed by atoms with Crippen molar-refractivity contribution in [2.75, 3.05) is 47.1 Å². The summed E-state index contributed by atoms with van der Waals surface area (Å²) in [6, 6.07) is 3.74. The summed E-state index contributed by atoms with van der Waals surface area (Å²) in [5.41, 5.74) is 6.84. The van der Waals surface area contributed by atoms with Crippen molar-refractivity contribution in [3.8, 4) is 11.5 Å². The summed E-state index contributed by atoms with van der Waals surface area (Å²) in [4.78, 5) is 16.7. The molecule has 1 aliphatic heterocycles. The minimum absolute atomic E-state index is 0.0750. The van der Waals surface area contributed by atoms with Crippen molar-refractivity contribution in [1.29, 1.82) is 0 Å². The molecule has 0 spiro atoms.